The van der Waals surface area contributed by atoms with E-state index in [0.717, 1.165) is 30.7 Å². The molecule has 4 unspecified atom stereocenters. The zero-order chi connectivity index (χ0) is 33.9. The van der Waals surface area contributed by atoms with Gasteiger partial charge < -0.3 is 20.3 Å². The van der Waals surface area contributed by atoms with E-state index in [1.54, 1.807) is 17.0 Å². The van der Waals surface area contributed by atoms with Gasteiger partial charge >= 0.3 is 6.01 Å². The van der Waals surface area contributed by atoms with Gasteiger partial charge in [0.2, 0.25) is 5.91 Å². The van der Waals surface area contributed by atoms with Crippen molar-refractivity contribution in [1.29, 1.82) is 10.5 Å². The molecule has 0 radical (unpaired) electrons. The summed E-state index contributed by atoms with van der Waals surface area (Å²) in [5.41, 5.74) is 7.28. The third-order valence-corrected chi connectivity index (χ3v) is 11.4. The number of likely N-dealkylation sites (tertiary alicyclic amines) is 1. The lowest BCUT2D eigenvalue weighted by Gasteiger charge is -2.33. The Kier molecular flexibility index (Phi) is 7.93. The van der Waals surface area contributed by atoms with Crippen LogP contribution in [0.5, 0.6) is 6.01 Å². The van der Waals surface area contributed by atoms with Gasteiger partial charge in [-0.2, -0.15) is 20.5 Å². The first-order valence-corrected chi connectivity index (χ1v) is 16.8. The van der Waals surface area contributed by atoms with Crippen LogP contribution in [0.2, 0.25) is 0 Å². The Morgan fingerprint density at radius 3 is 2.75 bits per heavy atom. The average Bonchev–Trinajstić information content (AvgIpc) is 3.83. The Labute approximate surface area is 280 Å². The zero-order valence-electron chi connectivity index (χ0n) is 26.7. The van der Waals surface area contributed by atoms with Crippen molar-refractivity contribution in [1.82, 2.24) is 19.8 Å². The summed E-state index contributed by atoms with van der Waals surface area (Å²) in [6, 6.07) is 10.6. The van der Waals surface area contributed by atoms with Crippen LogP contribution in [0.25, 0.3) is 32.1 Å². The number of carbonyl (C=O) groups excluding carboxylic acids is 1. The number of rotatable bonds is 7. The molecule has 4 aromatic rings. The minimum absolute atomic E-state index is 0.0490. The number of nitriles is 2. The topological polar surface area (TPSA) is 135 Å². The standard InChI is InChI=1S/C35H34F2N8O2S/c1-4-28(46)45-13-10-27(19(45)2)43(3)33-23-7-6-21(22-8-9-26(37)31-29(22)25(16-39)32(40)48-31)24(15-38)30(23)41-34(42-33)47-18-35-11-5-12-44(35)17-20(36)14-35/h4,6-9,19-20,27H,1,5,10-14,17-18,40H2,2-3H3. The molecule has 0 aliphatic carbocycles. The van der Waals surface area contributed by atoms with E-state index in [2.05, 4.69) is 23.6 Å². The third-order valence-electron chi connectivity index (χ3n) is 10.4. The molecular weight excluding hydrogens is 635 g/mol. The number of hydrogen-bond acceptors (Lipinski definition) is 10. The first-order chi connectivity index (χ1) is 23.1. The number of ether oxygens (including phenoxy) is 1. The highest BCUT2D eigenvalue weighted by molar-refractivity contribution is 7.23. The summed E-state index contributed by atoms with van der Waals surface area (Å²) in [4.78, 5) is 28.1. The molecule has 2 aromatic carbocycles. The average molecular weight is 669 g/mol. The lowest BCUT2D eigenvalue weighted by Crippen LogP contribution is -2.44. The van der Waals surface area contributed by atoms with Gasteiger partial charge in [-0.1, -0.05) is 18.7 Å². The van der Waals surface area contributed by atoms with Crippen LogP contribution in [0.15, 0.2) is 36.9 Å². The second kappa shape index (κ2) is 12.0. The van der Waals surface area contributed by atoms with Gasteiger partial charge in [-0.15, -0.1) is 11.3 Å². The van der Waals surface area contributed by atoms with E-state index in [1.165, 1.54) is 12.1 Å². The van der Waals surface area contributed by atoms with Crippen LogP contribution in [0.1, 0.15) is 43.7 Å². The first-order valence-electron chi connectivity index (χ1n) is 15.9. The van der Waals surface area contributed by atoms with Gasteiger partial charge in [0.15, 0.2) is 0 Å². The summed E-state index contributed by atoms with van der Waals surface area (Å²) in [6.45, 7) is 7.56. The molecule has 246 valence electrons. The van der Waals surface area contributed by atoms with Crippen LogP contribution >= 0.6 is 11.3 Å². The lowest BCUT2D eigenvalue weighted by molar-refractivity contribution is -0.126. The highest BCUT2D eigenvalue weighted by atomic mass is 32.1. The Balaban J connectivity index is 1.38. The van der Waals surface area contributed by atoms with Crippen molar-refractivity contribution in [2.45, 2.75) is 56.4 Å². The molecule has 0 saturated carbocycles. The number of thiophene rings is 1. The number of anilines is 2. The molecule has 48 heavy (non-hydrogen) atoms. The zero-order valence-corrected chi connectivity index (χ0v) is 27.5. The molecule has 0 bridgehead atoms. The summed E-state index contributed by atoms with van der Waals surface area (Å²) in [5, 5.41) is 21.7. The van der Waals surface area contributed by atoms with Gasteiger partial charge in [0.05, 0.1) is 32.9 Å². The summed E-state index contributed by atoms with van der Waals surface area (Å²) >= 11 is 0.989. The molecule has 3 saturated heterocycles. The molecule has 5 heterocycles. The van der Waals surface area contributed by atoms with Crippen LogP contribution in [-0.4, -0.2) is 82.8 Å². The highest BCUT2D eigenvalue weighted by Gasteiger charge is 2.49. The number of fused-ring (bicyclic) bond motifs is 3. The largest absolute Gasteiger partial charge is 0.461 e. The van der Waals surface area contributed by atoms with Gasteiger partial charge in [0.1, 0.15) is 41.6 Å². The number of halogens is 2. The maximum atomic E-state index is 14.9. The molecular formula is C35H34F2N8O2S. The number of nitrogens with zero attached hydrogens (tertiary/aromatic N) is 7. The smallest absolute Gasteiger partial charge is 0.319 e. The molecule has 3 fully saturated rings. The van der Waals surface area contributed by atoms with Crippen molar-refractivity contribution in [2.24, 2.45) is 0 Å². The fourth-order valence-electron chi connectivity index (χ4n) is 8.03. The number of benzene rings is 2. The fraction of sp³-hybridized carbons (Fsp3) is 0.400. The predicted molar refractivity (Wildman–Crippen MR) is 181 cm³/mol. The first kappa shape index (κ1) is 31.7. The Bertz CT molecular complexity index is 2070. The number of nitrogens with two attached hydrogens (primary N) is 1. The van der Waals surface area contributed by atoms with Gasteiger partial charge in [-0.25, -0.2) is 8.78 Å². The number of aromatic nitrogens is 2. The number of carbonyl (C=O) groups is 1. The SMILES string of the molecule is C=CC(=O)N1CCC(N(C)c2nc(OCC34CCCN3CC(F)C4)nc3c(C#N)c(-c4ccc(F)c5sc(N)c(C#N)c45)ccc23)C1C. The van der Waals surface area contributed by atoms with Crippen molar-refractivity contribution in [3.05, 3.63) is 53.9 Å². The molecule has 2 aromatic heterocycles. The monoisotopic (exact) mass is 668 g/mol. The second-order valence-electron chi connectivity index (χ2n) is 12.9. The molecule has 2 N–H and O–H groups in total. The Morgan fingerprint density at radius 1 is 1.23 bits per heavy atom. The maximum Gasteiger partial charge on any atom is 0.319 e. The number of hydrogen-bond donors (Lipinski definition) is 1. The highest BCUT2D eigenvalue weighted by Crippen LogP contribution is 2.44. The Morgan fingerprint density at radius 2 is 2.00 bits per heavy atom. The number of alkyl halides is 1. The molecule has 13 heteroatoms. The van der Waals surface area contributed by atoms with Crippen LogP contribution in [0, 0.1) is 28.5 Å². The van der Waals surface area contributed by atoms with Gasteiger partial charge in [0.25, 0.3) is 0 Å². The van der Waals surface area contributed by atoms with Crippen molar-refractivity contribution in [3.63, 3.8) is 0 Å². The minimum atomic E-state index is -0.928. The summed E-state index contributed by atoms with van der Waals surface area (Å²) in [7, 11) is 1.90. The van der Waals surface area contributed by atoms with Gasteiger partial charge in [0, 0.05) is 48.9 Å². The third kappa shape index (κ3) is 4.92. The number of amides is 1. The van der Waals surface area contributed by atoms with E-state index in [4.69, 9.17) is 20.4 Å². The van der Waals surface area contributed by atoms with E-state index in [1.807, 2.05) is 24.9 Å². The summed E-state index contributed by atoms with van der Waals surface area (Å²) in [6.07, 6.45) is 3.20. The van der Waals surface area contributed by atoms with Crippen LogP contribution in [0.3, 0.4) is 0 Å². The van der Waals surface area contributed by atoms with E-state index in [-0.39, 0.29) is 51.4 Å². The molecule has 10 nitrogen and oxygen atoms in total. The van der Waals surface area contributed by atoms with Crippen molar-refractivity contribution in [3.8, 4) is 29.3 Å². The molecule has 0 spiro atoms. The molecule has 3 aliphatic rings. The normalized spacial score (nSPS) is 23.7. The van der Waals surface area contributed by atoms with Crippen LogP contribution < -0.4 is 15.4 Å². The lowest BCUT2D eigenvalue weighted by atomic mass is 9.93. The summed E-state index contributed by atoms with van der Waals surface area (Å²) in [5.74, 6) is -0.142. The second-order valence-corrected chi connectivity index (χ2v) is 13.9. The fourth-order valence-corrected chi connectivity index (χ4v) is 8.98. The minimum Gasteiger partial charge on any atom is -0.461 e. The van der Waals surface area contributed by atoms with Gasteiger partial charge in [-0.3, -0.25) is 9.69 Å². The maximum absolute atomic E-state index is 14.9. The predicted octanol–water partition coefficient (Wildman–Crippen LogP) is 5.54. The van der Waals surface area contributed by atoms with E-state index in [9.17, 15) is 24.1 Å². The van der Waals surface area contributed by atoms with Crippen molar-refractivity contribution < 1.29 is 18.3 Å². The molecule has 7 rings (SSSR count). The molecule has 4 atom stereocenters. The van der Waals surface area contributed by atoms with E-state index < -0.39 is 17.5 Å². The number of nitrogen functional groups attached to an aromatic ring is 1. The molecule has 3 aliphatic heterocycles. The van der Waals surface area contributed by atoms with Crippen LogP contribution in [-0.2, 0) is 4.79 Å². The van der Waals surface area contributed by atoms with Crippen molar-refractivity contribution >= 4 is 49.1 Å². The van der Waals surface area contributed by atoms with E-state index >= 15 is 0 Å². The quantitative estimate of drug-likeness (QED) is 0.252. The molecule has 1 amide bonds. The van der Waals surface area contributed by atoms with E-state index in [0.29, 0.717) is 59.2 Å². The number of likely N-dealkylation sites (N-methyl/N-ethyl adjacent to an activating group) is 1. The van der Waals surface area contributed by atoms with Crippen molar-refractivity contribution in [2.75, 3.05) is 43.9 Å². The van der Waals surface area contributed by atoms with Crippen LogP contribution in [0.4, 0.5) is 19.6 Å². The van der Waals surface area contributed by atoms with Gasteiger partial charge in [-0.05, 0) is 56.5 Å². The Hall–Kier alpha value is -4.85. The summed E-state index contributed by atoms with van der Waals surface area (Å²) < 4.78 is 36.0.